The largest absolute Gasteiger partial charge is 0.320 e. The van der Waals surface area contributed by atoms with Crippen LogP contribution in [0.25, 0.3) is 0 Å². The van der Waals surface area contributed by atoms with Crippen molar-refractivity contribution in [2.75, 3.05) is 13.6 Å². The van der Waals surface area contributed by atoms with Gasteiger partial charge in [-0.05, 0) is 47.2 Å². The molecule has 0 fully saturated rings. The molecule has 0 spiro atoms. The Balaban J connectivity index is 4.06. The monoisotopic (exact) mass is 228 g/mol. The Morgan fingerprint density at radius 2 is 1.88 bits per heavy atom. The molecule has 0 saturated heterocycles. The predicted molar refractivity (Wildman–Crippen MR) is 69.8 cm³/mol. The fourth-order valence-corrected chi connectivity index (χ4v) is 1.73. The van der Waals surface area contributed by atoms with Gasteiger partial charge in [-0.2, -0.15) is 0 Å². The normalized spacial score (nSPS) is 13.8. The Hall–Kier alpha value is -0.410. The van der Waals surface area contributed by atoms with Gasteiger partial charge in [-0.3, -0.25) is 4.79 Å². The second-order valence-corrected chi connectivity index (χ2v) is 5.37. The molecule has 0 aromatic rings. The molecular weight excluding hydrogens is 200 g/mol. The van der Waals surface area contributed by atoms with Crippen LogP contribution < -0.4 is 10.6 Å². The standard InChI is InChI=1S/C13H28N2O/c1-6-12(16)11(15-13(2,3)4)9-7-8-10-14-5/h11,14-15H,6-10H2,1-5H3. The topological polar surface area (TPSA) is 41.1 Å². The van der Waals surface area contributed by atoms with Crippen molar-refractivity contribution >= 4 is 5.78 Å². The molecule has 0 aliphatic carbocycles. The van der Waals surface area contributed by atoms with E-state index in [4.69, 9.17) is 0 Å². The Labute approximate surface area is 100 Å². The van der Waals surface area contributed by atoms with E-state index in [0.717, 1.165) is 25.8 Å². The minimum atomic E-state index is 0.0124. The molecule has 1 unspecified atom stereocenters. The first-order valence-corrected chi connectivity index (χ1v) is 6.35. The molecule has 0 aliphatic rings. The summed E-state index contributed by atoms with van der Waals surface area (Å²) in [5.41, 5.74) is 0.0124. The van der Waals surface area contributed by atoms with Crippen LogP contribution in [-0.2, 0) is 4.79 Å². The van der Waals surface area contributed by atoms with Gasteiger partial charge in [-0.25, -0.2) is 0 Å². The van der Waals surface area contributed by atoms with E-state index in [1.165, 1.54) is 0 Å². The first-order valence-electron chi connectivity index (χ1n) is 6.35. The first kappa shape index (κ1) is 15.6. The number of rotatable bonds is 8. The van der Waals surface area contributed by atoms with Gasteiger partial charge in [-0.15, -0.1) is 0 Å². The Bertz CT molecular complexity index is 197. The molecule has 0 radical (unpaired) electrons. The number of unbranched alkanes of at least 4 members (excludes halogenated alkanes) is 1. The third kappa shape index (κ3) is 7.83. The van der Waals surface area contributed by atoms with E-state index in [1.54, 1.807) is 0 Å². The summed E-state index contributed by atoms with van der Waals surface area (Å²) in [6, 6.07) is 0.0295. The van der Waals surface area contributed by atoms with Crippen LogP contribution in [0.5, 0.6) is 0 Å². The van der Waals surface area contributed by atoms with E-state index in [9.17, 15) is 4.79 Å². The van der Waals surface area contributed by atoms with E-state index in [0.29, 0.717) is 12.2 Å². The molecule has 96 valence electrons. The zero-order chi connectivity index (χ0) is 12.6. The summed E-state index contributed by atoms with van der Waals surface area (Å²) in [5.74, 6) is 0.333. The highest BCUT2D eigenvalue weighted by molar-refractivity contribution is 5.83. The number of carbonyl (C=O) groups excluding carboxylic acids is 1. The van der Waals surface area contributed by atoms with Gasteiger partial charge in [0.15, 0.2) is 0 Å². The van der Waals surface area contributed by atoms with Crippen LogP contribution >= 0.6 is 0 Å². The fraction of sp³-hybridized carbons (Fsp3) is 0.923. The summed E-state index contributed by atoms with van der Waals surface area (Å²) in [6.45, 7) is 9.29. The van der Waals surface area contributed by atoms with Gasteiger partial charge < -0.3 is 10.6 Å². The summed E-state index contributed by atoms with van der Waals surface area (Å²) in [6.07, 6.45) is 3.81. The lowest BCUT2D eigenvalue weighted by Gasteiger charge is -2.27. The minimum Gasteiger partial charge on any atom is -0.320 e. The molecule has 3 heteroatoms. The highest BCUT2D eigenvalue weighted by Gasteiger charge is 2.21. The van der Waals surface area contributed by atoms with Gasteiger partial charge in [0.05, 0.1) is 6.04 Å². The van der Waals surface area contributed by atoms with Gasteiger partial charge in [0.2, 0.25) is 0 Å². The SMILES string of the molecule is CCC(=O)C(CCCCNC)NC(C)(C)C. The molecule has 0 aliphatic heterocycles. The lowest BCUT2D eigenvalue weighted by Crippen LogP contribution is -2.47. The van der Waals surface area contributed by atoms with Crippen molar-refractivity contribution in [2.24, 2.45) is 0 Å². The van der Waals surface area contributed by atoms with E-state index in [1.807, 2.05) is 14.0 Å². The van der Waals surface area contributed by atoms with Crippen molar-refractivity contribution in [3.8, 4) is 0 Å². The smallest absolute Gasteiger partial charge is 0.149 e. The van der Waals surface area contributed by atoms with Gasteiger partial charge >= 0.3 is 0 Å². The van der Waals surface area contributed by atoms with Crippen molar-refractivity contribution in [1.29, 1.82) is 0 Å². The number of nitrogens with one attached hydrogen (secondary N) is 2. The molecule has 0 saturated carbocycles. The van der Waals surface area contributed by atoms with Gasteiger partial charge in [0, 0.05) is 12.0 Å². The summed E-state index contributed by atoms with van der Waals surface area (Å²) in [5, 5.41) is 6.54. The highest BCUT2D eigenvalue weighted by atomic mass is 16.1. The molecule has 0 aromatic carbocycles. The van der Waals surface area contributed by atoms with Crippen LogP contribution in [-0.4, -0.2) is 31.0 Å². The molecule has 16 heavy (non-hydrogen) atoms. The van der Waals surface area contributed by atoms with Gasteiger partial charge in [-0.1, -0.05) is 13.3 Å². The molecular formula is C13H28N2O. The molecule has 0 bridgehead atoms. The van der Waals surface area contributed by atoms with Gasteiger partial charge in [0.25, 0.3) is 0 Å². The number of carbonyl (C=O) groups is 1. The average Bonchev–Trinajstić information content (AvgIpc) is 2.19. The molecule has 3 nitrogen and oxygen atoms in total. The van der Waals surface area contributed by atoms with Crippen LogP contribution in [0.1, 0.15) is 53.4 Å². The fourth-order valence-electron chi connectivity index (χ4n) is 1.73. The lowest BCUT2D eigenvalue weighted by molar-refractivity contribution is -0.121. The summed E-state index contributed by atoms with van der Waals surface area (Å²) in [7, 11) is 1.96. The van der Waals surface area contributed by atoms with Crippen LogP contribution in [0.2, 0.25) is 0 Å². The number of hydrogen-bond acceptors (Lipinski definition) is 3. The van der Waals surface area contributed by atoms with Crippen LogP contribution in [0, 0.1) is 0 Å². The van der Waals surface area contributed by atoms with Crippen molar-refractivity contribution < 1.29 is 4.79 Å². The van der Waals surface area contributed by atoms with Crippen molar-refractivity contribution in [2.45, 2.75) is 65.0 Å². The molecule has 0 heterocycles. The van der Waals surface area contributed by atoms with E-state index in [-0.39, 0.29) is 11.6 Å². The number of ketones is 1. The zero-order valence-corrected chi connectivity index (χ0v) is 11.5. The molecule has 2 N–H and O–H groups in total. The predicted octanol–water partition coefficient (Wildman–Crippen LogP) is 2.11. The Morgan fingerprint density at radius 3 is 2.31 bits per heavy atom. The van der Waals surface area contributed by atoms with Crippen LogP contribution in [0.3, 0.4) is 0 Å². The average molecular weight is 228 g/mol. The highest BCUT2D eigenvalue weighted by Crippen LogP contribution is 2.09. The third-order valence-electron chi connectivity index (χ3n) is 2.51. The van der Waals surface area contributed by atoms with E-state index >= 15 is 0 Å². The molecule has 1 atom stereocenters. The Kier molecular flexibility index (Phi) is 7.60. The van der Waals surface area contributed by atoms with Crippen LogP contribution in [0.15, 0.2) is 0 Å². The van der Waals surface area contributed by atoms with Crippen LogP contribution in [0.4, 0.5) is 0 Å². The maximum absolute atomic E-state index is 11.8. The maximum Gasteiger partial charge on any atom is 0.149 e. The summed E-state index contributed by atoms with van der Waals surface area (Å²) >= 11 is 0. The minimum absolute atomic E-state index is 0.0124. The molecule has 0 rings (SSSR count). The summed E-state index contributed by atoms with van der Waals surface area (Å²) < 4.78 is 0. The van der Waals surface area contributed by atoms with Gasteiger partial charge in [0.1, 0.15) is 5.78 Å². The first-order chi connectivity index (χ1) is 7.40. The Morgan fingerprint density at radius 1 is 1.25 bits per heavy atom. The van der Waals surface area contributed by atoms with Crippen molar-refractivity contribution in [3.05, 3.63) is 0 Å². The second kappa shape index (κ2) is 7.80. The second-order valence-electron chi connectivity index (χ2n) is 5.37. The summed E-state index contributed by atoms with van der Waals surface area (Å²) in [4.78, 5) is 11.8. The van der Waals surface area contributed by atoms with Crippen molar-refractivity contribution in [3.63, 3.8) is 0 Å². The lowest BCUT2D eigenvalue weighted by atomic mass is 9.99. The number of hydrogen-bond donors (Lipinski definition) is 2. The number of Topliss-reactive ketones (excluding diaryl/α,β-unsaturated/α-hetero) is 1. The van der Waals surface area contributed by atoms with E-state index < -0.39 is 0 Å². The quantitative estimate of drug-likeness (QED) is 0.625. The molecule has 0 amide bonds. The molecule has 0 aromatic heterocycles. The van der Waals surface area contributed by atoms with Crippen molar-refractivity contribution in [1.82, 2.24) is 10.6 Å². The maximum atomic E-state index is 11.8. The third-order valence-corrected chi connectivity index (χ3v) is 2.51. The van der Waals surface area contributed by atoms with E-state index in [2.05, 4.69) is 31.4 Å². The zero-order valence-electron chi connectivity index (χ0n) is 11.5.